The molecule has 0 amide bonds. The van der Waals surface area contributed by atoms with E-state index in [2.05, 4.69) is 41.2 Å². The summed E-state index contributed by atoms with van der Waals surface area (Å²) in [6.07, 6.45) is 5.82. The number of thiol groups is 1. The van der Waals surface area contributed by atoms with Crippen LogP contribution in [0.5, 0.6) is 0 Å². The molecule has 1 aromatic rings. The highest BCUT2D eigenvalue weighted by atomic mass is 32.1. The fourth-order valence-corrected chi connectivity index (χ4v) is 2.74. The van der Waals surface area contributed by atoms with Crippen LogP contribution in [0.3, 0.4) is 0 Å². The third-order valence-corrected chi connectivity index (χ3v) is 4.33. The largest absolute Gasteiger partial charge is 0.249 e. The van der Waals surface area contributed by atoms with Crippen molar-refractivity contribution in [3.63, 3.8) is 0 Å². The van der Waals surface area contributed by atoms with E-state index in [1.54, 1.807) is 0 Å². The van der Waals surface area contributed by atoms with E-state index < -0.39 is 0 Å². The maximum atomic E-state index is 4.59. The summed E-state index contributed by atoms with van der Waals surface area (Å²) >= 11 is 4.49. The second-order valence-corrected chi connectivity index (χ2v) is 5.14. The first-order valence-corrected chi connectivity index (χ1v) is 6.89. The number of hydrogen-bond acceptors (Lipinski definition) is 3. The Morgan fingerprint density at radius 1 is 1.31 bits per heavy atom. The van der Waals surface area contributed by atoms with E-state index in [0.29, 0.717) is 5.41 Å². The molecule has 1 heterocycles. The van der Waals surface area contributed by atoms with Crippen molar-refractivity contribution in [2.24, 2.45) is 5.41 Å². The third-order valence-electron chi connectivity index (χ3n) is 3.66. The van der Waals surface area contributed by atoms with Gasteiger partial charge in [0.1, 0.15) is 5.82 Å². The van der Waals surface area contributed by atoms with Crippen LogP contribution in [0.15, 0.2) is 0 Å². The van der Waals surface area contributed by atoms with Crippen molar-refractivity contribution in [1.82, 2.24) is 14.8 Å². The second-order valence-electron chi connectivity index (χ2n) is 4.82. The van der Waals surface area contributed by atoms with E-state index >= 15 is 0 Å². The van der Waals surface area contributed by atoms with Crippen molar-refractivity contribution in [1.29, 1.82) is 0 Å². The van der Waals surface area contributed by atoms with Gasteiger partial charge < -0.3 is 0 Å². The van der Waals surface area contributed by atoms with E-state index in [9.17, 15) is 0 Å². The van der Waals surface area contributed by atoms with Crippen molar-refractivity contribution < 1.29 is 0 Å². The van der Waals surface area contributed by atoms with Gasteiger partial charge in [-0.05, 0) is 24.0 Å². The van der Waals surface area contributed by atoms with Crippen molar-refractivity contribution in [2.45, 2.75) is 52.5 Å². The molecule has 1 saturated carbocycles. The molecule has 0 N–H and O–H groups in total. The fourth-order valence-electron chi connectivity index (χ4n) is 2.32. The Labute approximate surface area is 103 Å². The van der Waals surface area contributed by atoms with Crippen LogP contribution in [0.1, 0.15) is 44.8 Å². The Hall–Kier alpha value is -0.510. The first kappa shape index (κ1) is 12.0. The van der Waals surface area contributed by atoms with E-state index in [1.807, 2.05) is 0 Å². The van der Waals surface area contributed by atoms with Gasteiger partial charge in [-0.3, -0.25) is 0 Å². The summed E-state index contributed by atoms with van der Waals surface area (Å²) in [7, 11) is 0. The van der Waals surface area contributed by atoms with Crippen molar-refractivity contribution in [3.05, 3.63) is 11.6 Å². The molecule has 0 radical (unpaired) electrons. The SMILES string of the molecule is CCc1nc(CC)n(CC2(CS)CCC2)n1. The lowest BCUT2D eigenvalue weighted by atomic mass is 9.70. The van der Waals surface area contributed by atoms with Crippen LogP contribution in [-0.4, -0.2) is 20.5 Å². The molecule has 0 saturated heterocycles. The molecule has 0 atom stereocenters. The predicted molar refractivity (Wildman–Crippen MR) is 68.9 cm³/mol. The van der Waals surface area contributed by atoms with Crippen LogP contribution in [0.25, 0.3) is 0 Å². The number of aryl methyl sites for hydroxylation is 2. The summed E-state index contributed by atoms with van der Waals surface area (Å²) in [5, 5.41) is 4.59. The van der Waals surface area contributed by atoms with E-state index in [0.717, 1.165) is 36.8 Å². The summed E-state index contributed by atoms with van der Waals surface area (Å²) in [5.74, 6) is 3.08. The summed E-state index contributed by atoms with van der Waals surface area (Å²) in [6.45, 7) is 5.26. The lowest BCUT2D eigenvalue weighted by Crippen LogP contribution is -2.36. The molecule has 1 aliphatic carbocycles. The first-order chi connectivity index (χ1) is 7.73. The zero-order valence-electron chi connectivity index (χ0n) is 10.2. The lowest BCUT2D eigenvalue weighted by Gasteiger charge is -2.40. The van der Waals surface area contributed by atoms with Crippen LogP contribution >= 0.6 is 12.6 Å². The van der Waals surface area contributed by atoms with Crippen molar-refractivity contribution in [2.75, 3.05) is 5.75 Å². The maximum absolute atomic E-state index is 4.59. The molecule has 1 aromatic heterocycles. The number of hydrogen-bond donors (Lipinski definition) is 1. The number of nitrogens with zero attached hydrogens (tertiary/aromatic N) is 3. The molecular formula is C12H21N3S. The molecule has 16 heavy (non-hydrogen) atoms. The molecule has 0 spiro atoms. The van der Waals surface area contributed by atoms with Crippen LogP contribution in [-0.2, 0) is 19.4 Å². The topological polar surface area (TPSA) is 30.7 Å². The quantitative estimate of drug-likeness (QED) is 0.800. The number of rotatable bonds is 5. The number of aromatic nitrogens is 3. The minimum atomic E-state index is 0.395. The molecule has 0 aliphatic heterocycles. The van der Waals surface area contributed by atoms with Gasteiger partial charge in [-0.15, -0.1) is 0 Å². The molecule has 0 bridgehead atoms. The zero-order valence-corrected chi connectivity index (χ0v) is 11.1. The van der Waals surface area contributed by atoms with Gasteiger partial charge in [0.05, 0.1) is 0 Å². The summed E-state index contributed by atoms with van der Waals surface area (Å²) in [4.78, 5) is 4.55. The predicted octanol–water partition coefficient (Wildman–Crippen LogP) is 2.50. The van der Waals surface area contributed by atoms with Crippen molar-refractivity contribution in [3.8, 4) is 0 Å². The molecule has 2 rings (SSSR count). The lowest BCUT2D eigenvalue weighted by molar-refractivity contribution is 0.131. The summed E-state index contributed by atoms with van der Waals surface area (Å²) in [5.41, 5.74) is 0.395. The Bertz CT molecular complexity index is 350. The molecule has 3 nitrogen and oxygen atoms in total. The van der Waals surface area contributed by atoms with Gasteiger partial charge in [-0.1, -0.05) is 20.3 Å². The molecule has 1 fully saturated rings. The van der Waals surface area contributed by atoms with Gasteiger partial charge in [0.25, 0.3) is 0 Å². The molecule has 1 aliphatic rings. The van der Waals surface area contributed by atoms with Crippen molar-refractivity contribution >= 4 is 12.6 Å². The fraction of sp³-hybridized carbons (Fsp3) is 0.833. The normalized spacial score (nSPS) is 18.4. The van der Waals surface area contributed by atoms with Crippen LogP contribution in [0, 0.1) is 5.41 Å². The molecule has 0 aromatic carbocycles. The maximum Gasteiger partial charge on any atom is 0.150 e. The highest BCUT2D eigenvalue weighted by molar-refractivity contribution is 7.80. The molecule has 90 valence electrons. The summed E-state index contributed by atoms with van der Waals surface area (Å²) < 4.78 is 2.12. The van der Waals surface area contributed by atoms with Gasteiger partial charge in [-0.25, -0.2) is 9.67 Å². The Morgan fingerprint density at radius 2 is 2.06 bits per heavy atom. The Kier molecular flexibility index (Phi) is 3.57. The van der Waals surface area contributed by atoms with Crippen LogP contribution in [0.4, 0.5) is 0 Å². The highest BCUT2D eigenvalue weighted by Gasteiger charge is 2.36. The minimum absolute atomic E-state index is 0.395. The van der Waals surface area contributed by atoms with Crippen LogP contribution in [0.2, 0.25) is 0 Å². The highest BCUT2D eigenvalue weighted by Crippen LogP contribution is 2.43. The monoisotopic (exact) mass is 239 g/mol. The Balaban J connectivity index is 2.16. The second kappa shape index (κ2) is 4.78. The third kappa shape index (κ3) is 2.12. The molecule has 4 heteroatoms. The van der Waals surface area contributed by atoms with E-state index in [-0.39, 0.29) is 0 Å². The van der Waals surface area contributed by atoms with Gasteiger partial charge in [0.2, 0.25) is 0 Å². The van der Waals surface area contributed by atoms with E-state index in [4.69, 9.17) is 0 Å². The van der Waals surface area contributed by atoms with Crippen LogP contribution < -0.4 is 0 Å². The molecule has 0 unspecified atom stereocenters. The molecular weight excluding hydrogens is 218 g/mol. The smallest absolute Gasteiger partial charge is 0.150 e. The average molecular weight is 239 g/mol. The standard InChI is InChI=1S/C12H21N3S/c1-3-10-13-11(4-2)15(14-10)8-12(9-16)6-5-7-12/h16H,3-9H2,1-2H3. The average Bonchev–Trinajstić information content (AvgIpc) is 2.65. The zero-order chi connectivity index (χ0) is 11.6. The van der Waals surface area contributed by atoms with E-state index in [1.165, 1.54) is 19.3 Å². The summed E-state index contributed by atoms with van der Waals surface area (Å²) in [6, 6.07) is 0. The Morgan fingerprint density at radius 3 is 2.50 bits per heavy atom. The van der Waals surface area contributed by atoms with Gasteiger partial charge >= 0.3 is 0 Å². The van der Waals surface area contributed by atoms with Gasteiger partial charge in [0, 0.05) is 19.4 Å². The van der Waals surface area contributed by atoms with Gasteiger partial charge in [-0.2, -0.15) is 17.7 Å². The van der Waals surface area contributed by atoms with Gasteiger partial charge in [0.15, 0.2) is 5.82 Å². The first-order valence-electron chi connectivity index (χ1n) is 6.26. The minimum Gasteiger partial charge on any atom is -0.249 e.